The summed E-state index contributed by atoms with van der Waals surface area (Å²) in [5.74, 6) is 1.37. The largest absolute Gasteiger partial charge is 0.493 e. The summed E-state index contributed by atoms with van der Waals surface area (Å²) in [5.41, 5.74) is 1.07. The Hall–Kier alpha value is -1.52. The second-order valence-corrected chi connectivity index (χ2v) is 6.21. The van der Waals surface area contributed by atoms with E-state index in [9.17, 15) is 5.11 Å². The van der Waals surface area contributed by atoms with Crippen LogP contribution in [0.5, 0.6) is 11.5 Å². The van der Waals surface area contributed by atoms with Gasteiger partial charge in [0, 0.05) is 12.6 Å². The monoisotopic (exact) mass is 319 g/mol. The molecule has 4 nitrogen and oxygen atoms in total. The standard InChI is InChI=1S/C19H29NO3/c1-4-7-16-9-10-18(19(12-16)22-3)23-14-17(21)13-20-11-6-5-8-15(20)2/h4,7,9-10,12,15,17,21H,5-6,8,11,13-14H2,1-3H3. The Morgan fingerprint density at radius 1 is 1.35 bits per heavy atom. The smallest absolute Gasteiger partial charge is 0.161 e. The van der Waals surface area contributed by atoms with Gasteiger partial charge < -0.3 is 14.6 Å². The minimum absolute atomic E-state index is 0.280. The Kier molecular flexibility index (Phi) is 6.93. The fraction of sp³-hybridized carbons (Fsp3) is 0.579. The highest BCUT2D eigenvalue weighted by Gasteiger charge is 2.21. The molecule has 1 heterocycles. The van der Waals surface area contributed by atoms with Crippen molar-refractivity contribution < 1.29 is 14.6 Å². The molecule has 1 aromatic rings. The van der Waals surface area contributed by atoms with Gasteiger partial charge in [-0.2, -0.15) is 0 Å². The minimum atomic E-state index is -0.490. The van der Waals surface area contributed by atoms with Crippen molar-refractivity contribution in [1.82, 2.24) is 4.90 Å². The number of hydrogen-bond donors (Lipinski definition) is 1. The van der Waals surface area contributed by atoms with Crippen LogP contribution in [0.1, 0.15) is 38.7 Å². The van der Waals surface area contributed by atoms with Gasteiger partial charge in [0.15, 0.2) is 11.5 Å². The third-order valence-corrected chi connectivity index (χ3v) is 4.36. The van der Waals surface area contributed by atoms with E-state index < -0.39 is 6.10 Å². The van der Waals surface area contributed by atoms with Crippen molar-refractivity contribution >= 4 is 6.08 Å². The van der Waals surface area contributed by atoms with E-state index in [-0.39, 0.29) is 6.61 Å². The number of likely N-dealkylation sites (tertiary alicyclic amines) is 1. The number of rotatable bonds is 7. The number of piperidine rings is 1. The molecule has 2 atom stereocenters. The highest BCUT2D eigenvalue weighted by Crippen LogP contribution is 2.28. The predicted octanol–water partition coefficient (Wildman–Crippen LogP) is 3.34. The van der Waals surface area contributed by atoms with Gasteiger partial charge >= 0.3 is 0 Å². The Labute approximate surface area is 139 Å². The van der Waals surface area contributed by atoms with E-state index in [1.165, 1.54) is 19.3 Å². The lowest BCUT2D eigenvalue weighted by Gasteiger charge is -2.34. The Morgan fingerprint density at radius 3 is 2.87 bits per heavy atom. The van der Waals surface area contributed by atoms with Gasteiger partial charge in [0.05, 0.1) is 7.11 Å². The fourth-order valence-corrected chi connectivity index (χ4v) is 3.04. The van der Waals surface area contributed by atoms with Crippen LogP contribution in [0.3, 0.4) is 0 Å². The van der Waals surface area contributed by atoms with E-state index in [4.69, 9.17) is 9.47 Å². The Bertz CT molecular complexity index is 515. The molecule has 1 aliphatic heterocycles. The number of aliphatic hydroxyl groups excluding tert-OH is 1. The number of benzene rings is 1. The maximum atomic E-state index is 10.3. The van der Waals surface area contributed by atoms with E-state index in [0.29, 0.717) is 24.1 Å². The summed E-state index contributed by atoms with van der Waals surface area (Å²) < 4.78 is 11.2. The number of allylic oxidation sites excluding steroid dienone is 1. The molecule has 1 aromatic carbocycles. The average Bonchev–Trinajstić information content (AvgIpc) is 2.56. The van der Waals surface area contributed by atoms with Crippen LogP contribution in [-0.2, 0) is 0 Å². The quantitative estimate of drug-likeness (QED) is 0.837. The third-order valence-electron chi connectivity index (χ3n) is 4.36. The van der Waals surface area contributed by atoms with Crippen molar-refractivity contribution in [3.63, 3.8) is 0 Å². The summed E-state index contributed by atoms with van der Waals surface area (Å²) >= 11 is 0. The van der Waals surface area contributed by atoms with Gasteiger partial charge in [-0.1, -0.05) is 24.6 Å². The highest BCUT2D eigenvalue weighted by molar-refractivity contribution is 5.55. The first kappa shape index (κ1) is 17.8. The second-order valence-electron chi connectivity index (χ2n) is 6.21. The minimum Gasteiger partial charge on any atom is -0.493 e. The zero-order chi connectivity index (χ0) is 16.7. The number of ether oxygens (including phenoxy) is 2. The van der Waals surface area contributed by atoms with Gasteiger partial charge in [0.25, 0.3) is 0 Å². The number of hydrogen-bond acceptors (Lipinski definition) is 4. The van der Waals surface area contributed by atoms with Gasteiger partial charge in [-0.15, -0.1) is 0 Å². The number of β-amino-alcohol motifs (C(OH)–C–C–N with tert-alkyl or cyclic N) is 1. The van der Waals surface area contributed by atoms with Crippen molar-refractivity contribution in [2.45, 2.75) is 45.3 Å². The van der Waals surface area contributed by atoms with Crippen LogP contribution in [-0.4, -0.2) is 49.0 Å². The van der Waals surface area contributed by atoms with Crippen molar-refractivity contribution in [3.05, 3.63) is 29.8 Å². The van der Waals surface area contributed by atoms with E-state index in [1.807, 2.05) is 37.3 Å². The van der Waals surface area contributed by atoms with Crippen LogP contribution >= 0.6 is 0 Å². The number of aliphatic hydroxyl groups is 1. The molecule has 0 aliphatic carbocycles. The lowest BCUT2D eigenvalue weighted by molar-refractivity contribution is 0.0431. The van der Waals surface area contributed by atoms with Crippen molar-refractivity contribution in [2.75, 3.05) is 26.8 Å². The van der Waals surface area contributed by atoms with Crippen LogP contribution in [0.15, 0.2) is 24.3 Å². The maximum absolute atomic E-state index is 10.3. The van der Waals surface area contributed by atoms with Gasteiger partial charge in [-0.05, 0) is 50.9 Å². The zero-order valence-corrected chi connectivity index (χ0v) is 14.5. The van der Waals surface area contributed by atoms with Gasteiger partial charge in [-0.25, -0.2) is 0 Å². The first-order valence-corrected chi connectivity index (χ1v) is 8.49. The van der Waals surface area contributed by atoms with Gasteiger partial charge in [0.2, 0.25) is 0 Å². The summed E-state index contributed by atoms with van der Waals surface area (Å²) in [5, 5.41) is 10.3. The molecule has 23 heavy (non-hydrogen) atoms. The molecule has 128 valence electrons. The highest BCUT2D eigenvalue weighted by atomic mass is 16.5. The molecule has 0 spiro atoms. The number of methoxy groups -OCH3 is 1. The molecule has 1 saturated heterocycles. The van der Waals surface area contributed by atoms with Crippen LogP contribution in [0.25, 0.3) is 6.08 Å². The fourth-order valence-electron chi connectivity index (χ4n) is 3.04. The normalized spacial score (nSPS) is 20.6. The molecule has 1 aliphatic rings. The lowest BCUT2D eigenvalue weighted by atomic mass is 10.0. The molecule has 0 radical (unpaired) electrons. The SMILES string of the molecule is CC=Cc1ccc(OCC(O)CN2CCCCC2C)c(OC)c1. The van der Waals surface area contributed by atoms with Gasteiger partial charge in [-0.3, -0.25) is 4.90 Å². The predicted molar refractivity (Wildman–Crippen MR) is 94.1 cm³/mol. The molecular formula is C19H29NO3. The molecule has 4 heteroatoms. The number of nitrogens with zero attached hydrogens (tertiary/aromatic N) is 1. The Morgan fingerprint density at radius 2 is 2.17 bits per heavy atom. The second kappa shape index (κ2) is 8.94. The molecule has 2 unspecified atom stereocenters. The molecule has 1 N–H and O–H groups in total. The Balaban J connectivity index is 1.89. The first-order valence-electron chi connectivity index (χ1n) is 8.49. The molecule has 2 rings (SSSR count). The summed E-state index contributed by atoms with van der Waals surface area (Å²) in [7, 11) is 1.63. The van der Waals surface area contributed by atoms with Gasteiger partial charge in [0.1, 0.15) is 12.7 Å². The van der Waals surface area contributed by atoms with Crippen LogP contribution in [0, 0.1) is 0 Å². The summed E-state index contributed by atoms with van der Waals surface area (Å²) in [6.07, 6.45) is 7.24. The summed E-state index contributed by atoms with van der Waals surface area (Å²) in [6.45, 7) is 6.23. The lowest BCUT2D eigenvalue weighted by Crippen LogP contribution is -2.43. The third kappa shape index (κ3) is 5.26. The van der Waals surface area contributed by atoms with Crippen molar-refractivity contribution in [2.24, 2.45) is 0 Å². The summed E-state index contributed by atoms with van der Waals surface area (Å²) in [4.78, 5) is 2.35. The van der Waals surface area contributed by atoms with Crippen LogP contribution in [0.4, 0.5) is 0 Å². The molecule has 0 amide bonds. The topological polar surface area (TPSA) is 41.9 Å². The van der Waals surface area contributed by atoms with E-state index in [1.54, 1.807) is 7.11 Å². The molecule has 1 fully saturated rings. The molecular weight excluding hydrogens is 290 g/mol. The average molecular weight is 319 g/mol. The molecule has 0 saturated carbocycles. The van der Waals surface area contributed by atoms with Crippen LogP contribution < -0.4 is 9.47 Å². The first-order chi connectivity index (χ1) is 11.1. The molecule has 0 aromatic heterocycles. The zero-order valence-electron chi connectivity index (χ0n) is 14.5. The van der Waals surface area contributed by atoms with E-state index in [2.05, 4.69) is 11.8 Å². The summed E-state index contributed by atoms with van der Waals surface area (Å²) in [6, 6.07) is 6.36. The molecule has 0 bridgehead atoms. The van der Waals surface area contributed by atoms with Crippen LogP contribution in [0.2, 0.25) is 0 Å². The van der Waals surface area contributed by atoms with Crippen molar-refractivity contribution in [1.29, 1.82) is 0 Å². The van der Waals surface area contributed by atoms with Crippen molar-refractivity contribution in [3.8, 4) is 11.5 Å². The van der Waals surface area contributed by atoms with E-state index >= 15 is 0 Å². The maximum Gasteiger partial charge on any atom is 0.161 e. The van der Waals surface area contributed by atoms with E-state index in [0.717, 1.165) is 12.1 Å².